The summed E-state index contributed by atoms with van der Waals surface area (Å²) >= 11 is 0. The predicted octanol–water partition coefficient (Wildman–Crippen LogP) is 4.90. The lowest BCUT2D eigenvalue weighted by molar-refractivity contribution is -0.384. The summed E-state index contributed by atoms with van der Waals surface area (Å²) in [5, 5.41) is 10.9. The van der Waals surface area contributed by atoms with Crippen LogP contribution in [0.25, 0.3) is 0 Å². The van der Waals surface area contributed by atoms with E-state index in [9.17, 15) is 14.9 Å². The number of hydrogen-bond donors (Lipinski definition) is 0. The Hall–Kier alpha value is -3.61. The summed E-state index contributed by atoms with van der Waals surface area (Å²) in [4.78, 5) is 25.4. The predicted molar refractivity (Wildman–Crippen MR) is 119 cm³/mol. The van der Waals surface area contributed by atoms with Gasteiger partial charge in [0.25, 0.3) is 11.6 Å². The second kappa shape index (κ2) is 10.4. The van der Waals surface area contributed by atoms with Crippen LogP contribution >= 0.6 is 0 Å². The zero-order valence-corrected chi connectivity index (χ0v) is 17.9. The average molecular weight is 421 g/mol. The number of aromatic nitrogens is 1. The summed E-state index contributed by atoms with van der Waals surface area (Å²) in [6.45, 7) is 3.84. The van der Waals surface area contributed by atoms with Gasteiger partial charge in [-0.05, 0) is 48.4 Å². The molecule has 0 saturated heterocycles. The first-order chi connectivity index (χ1) is 15.0. The number of amides is 1. The molecule has 3 aromatic rings. The molecule has 0 fully saturated rings. The minimum atomic E-state index is -0.464. The van der Waals surface area contributed by atoms with Crippen LogP contribution in [0.4, 0.5) is 5.69 Å². The zero-order chi connectivity index (χ0) is 22.2. The quantitative estimate of drug-likeness (QED) is 0.345. The van der Waals surface area contributed by atoms with Crippen molar-refractivity contribution in [3.8, 4) is 5.75 Å². The third-order valence-electron chi connectivity index (χ3n) is 5.16. The van der Waals surface area contributed by atoms with Gasteiger partial charge in [-0.3, -0.25) is 14.9 Å². The molecule has 1 amide bonds. The maximum absolute atomic E-state index is 13.1. The molecule has 0 atom stereocenters. The molecule has 0 radical (unpaired) electrons. The van der Waals surface area contributed by atoms with Crippen molar-refractivity contribution in [1.29, 1.82) is 0 Å². The van der Waals surface area contributed by atoms with Crippen molar-refractivity contribution in [3.05, 3.63) is 93.8 Å². The van der Waals surface area contributed by atoms with Crippen molar-refractivity contribution in [2.75, 3.05) is 13.7 Å². The number of carbonyl (C=O) groups excluding carboxylic acids is 1. The second-order valence-corrected chi connectivity index (χ2v) is 7.36. The summed E-state index contributed by atoms with van der Waals surface area (Å²) in [6, 6.07) is 17.7. The van der Waals surface area contributed by atoms with Crippen LogP contribution in [0, 0.1) is 10.1 Å². The maximum atomic E-state index is 13.1. The van der Waals surface area contributed by atoms with E-state index in [0.29, 0.717) is 25.2 Å². The molecule has 0 aliphatic rings. The van der Waals surface area contributed by atoms with Gasteiger partial charge >= 0.3 is 0 Å². The summed E-state index contributed by atoms with van der Waals surface area (Å²) < 4.78 is 7.43. The van der Waals surface area contributed by atoms with E-state index in [1.807, 2.05) is 47.5 Å². The van der Waals surface area contributed by atoms with Gasteiger partial charge in [-0.15, -0.1) is 0 Å². The number of nitro benzene ring substituents is 1. The lowest BCUT2D eigenvalue weighted by Crippen LogP contribution is -2.32. The molecular weight excluding hydrogens is 394 g/mol. The van der Waals surface area contributed by atoms with Crippen LogP contribution in [0.1, 0.15) is 41.4 Å². The largest absolute Gasteiger partial charge is 0.497 e. The molecule has 1 aromatic heterocycles. The van der Waals surface area contributed by atoms with Crippen LogP contribution in [-0.4, -0.2) is 34.0 Å². The summed E-state index contributed by atoms with van der Waals surface area (Å²) in [7, 11) is 1.65. The fourth-order valence-corrected chi connectivity index (χ4v) is 3.42. The van der Waals surface area contributed by atoms with Crippen LogP contribution in [0.15, 0.2) is 66.9 Å². The highest BCUT2D eigenvalue weighted by atomic mass is 16.6. The molecule has 31 heavy (non-hydrogen) atoms. The Balaban J connectivity index is 1.79. The van der Waals surface area contributed by atoms with E-state index in [-0.39, 0.29) is 11.6 Å². The normalized spacial score (nSPS) is 10.6. The van der Waals surface area contributed by atoms with E-state index in [0.717, 1.165) is 29.8 Å². The number of benzene rings is 2. The monoisotopic (exact) mass is 421 g/mol. The minimum Gasteiger partial charge on any atom is -0.497 e. The Morgan fingerprint density at radius 2 is 1.90 bits per heavy atom. The van der Waals surface area contributed by atoms with Gasteiger partial charge in [0.15, 0.2) is 0 Å². The Morgan fingerprint density at radius 3 is 2.58 bits per heavy atom. The number of hydrogen-bond acceptors (Lipinski definition) is 4. The van der Waals surface area contributed by atoms with Crippen LogP contribution in [-0.2, 0) is 13.1 Å². The topological polar surface area (TPSA) is 77.6 Å². The first kappa shape index (κ1) is 22.1. The van der Waals surface area contributed by atoms with E-state index in [4.69, 9.17) is 4.74 Å². The molecule has 162 valence electrons. The lowest BCUT2D eigenvalue weighted by Gasteiger charge is -2.24. The molecule has 0 unspecified atom stereocenters. The third-order valence-corrected chi connectivity index (χ3v) is 5.16. The first-order valence-corrected chi connectivity index (χ1v) is 10.3. The van der Waals surface area contributed by atoms with E-state index in [2.05, 4.69) is 11.5 Å². The van der Waals surface area contributed by atoms with Crippen molar-refractivity contribution in [3.63, 3.8) is 0 Å². The summed E-state index contributed by atoms with van der Waals surface area (Å²) in [5.41, 5.74) is 2.56. The Labute approximate surface area is 182 Å². The molecule has 0 spiro atoms. The van der Waals surface area contributed by atoms with Gasteiger partial charge < -0.3 is 14.2 Å². The molecular formula is C24H27N3O4. The number of unbranched alkanes of at least 4 members (excludes halogenated alkanes) is 1. The summed E-state index contributed by atoms with van der Waals surface area (Å²) in [5.74, 6) is 0.682. The zero-order valence-electron chi connectivity index (χ0n) is 17.9. The van der Waals surface area contributed by atoms with Crippen molar-refractivity contribution in [1.82, 2.24) is 9.47 Å². The molecule has 0 aliphatic heterocycles. The highest BCUT2D eigenvalue weighted by molar-refractivity contribution is 5.94. The molecule has 0 bridgehead atoms. The number of non-ortho nitro benzene ring substituents is 1. The Morgan fingerprint density at radius 1 is 1.13 bits per heavy atom. The fraction of sp³-hybridized carbons (Fsp3) is 0.292. The van der Waals surface area contributed by atoms with Crippen molar-refractivity contribution in [2.45, 2.75) is 32.9 Å². The van der Waals surface area contributed by atoms with Crippen LogP contribution < -0.4 is 4.74 Å². The molecule has 2 aromatic carbocycles. The van der Waals surface area contributed by atoms with Crippen LogP contribution in [0.2, 0.25) is 0 Å². The summed E-state index contributed by atoms with van der Waals surface area (Å²) in [6.07, 6.45) is 3.85. The molecule has 0 N–H and O–H groups in total. The first-order valence-electron chi connectivity index (χ1n) is 10.3. The molecule has 7 nitrogen and oxygen atoms in total. The third kappa shape index (κ3) is 5.72. The smallest absolute Gasteiger partial charge is 0.269 e. The van der Waals surface area contributed by atoms with Gasteiger partial charge in [0.2, 0.25) is 0 Å². The average Bonchev–Trinajstić information content (AvgIpc) is 3.22. The number of nitrogens with zero attached hydrogens (tertiary/aromatic N) is 3. The van der Waals surface area contributed by atoms with E-state index >= 15 is 0 Å². The van der Waals surface area contributed by atoms with Crippen LogP contribution in [0.5, 0.6) is 5.75 Å². The van der Waals surface area contributed by atoms with E-state index in [1.54, 1.807) is 7.11 Å². The molecule has 1 heterocycles. The lowest BCUT2D eigenvalue weighted by atomic mass is 10.1. The second-order valence-electron chi connectivity index (χ2n) is 7.36. The molecule has 0 aliphatic carbocycles. The number of carbonyl (C=O) groups is 1. The van der Waals surface area contributed by atoms with Gasteiger partial charge in [-0.25, -0.2) is 0 Å². The number of nitro groups is 1. The molecule has 7 heteroatoms. The van der Waals surface area contributed by atoms with Gasteiger partial charge in [0.1, 0.15) is 5.75 Å². The van der Waals surface area contributed by atoms with E-state index in [1.165, 1.54) is 24.3 Å². The van der Waals surface area contributed by atoms with E-state index < -0.39 is 4.92 Å². The number of rotatable bonds is 10. The Bertz CT molecular complexity index is 1030. The van der Waals surface area contributed by atoms with Gasteiger partial charge in [-0.2, -0.15) is 0 Å². The van der Waals surface area contributed by atoms with Gasteiger partial charge in [0, 0.05) is 42.7 Å². The van der Waals surface area contributed by atoms with Crippen molar-refractivity contribution in [2.24, 2.45) is 0 Å². The number of ether oxygens (including phenoxy) is 1. The van der Waals surface area contributed by atoms with Crippen LogP contribution in [0.3, 0.4) is 0 Å². The maximum Gasteiger partial charge on any atom is 0.269 e. The fourth-order valence-electron chi connectivity index (χ4n) is 3.42. The highest BCUT2D eigenvalue weighted by Gasteiger charge is 2.18. The molecule has 3 rings (SSSR count). The molecule has 0 saturated carbocycles. The standard InChI is InChI=1S/C24H27N3O4/c1-3-4-14-26(24(28)20-10-12-21(13-11-20)27(29)30)18-22-8-6-15-25(22)17-19-7-5-9-23(16-19)31-2/h5-13,15-16H,3-4,14,17-18H2,1-2H3. The van der Waals surface area contributed by atoms with Crippen molar-refractivity contribution < 1.29 is 14.5 Å². The SMILES string of the molecule is CCCCN(Cc1cccn1Cc1cccc(OC)c1)C(=O)c1ccc([N+](=O)[O-])cc1. The van der Waals surface area contributed by atoms with Gasteiger partial charge in [-0.1, -0.05) is 25.5 Å². The highest BCUT2D eigenvalue weighted by Crippen LogP contribution is 2.18. The van der Waals surface area contributed by atoms with Crippen molar-refractivity contribution >= 4 is 11.6 Å². The minimum absolute atomic E-state index is 0.0242. The number of methoxy groups -OCH3 is 1. The van der Waals surface area contributed by atoms with Gasteiger partial charge in [0.05, 0.1) is 18.6 Å². The Kier molecular flexibility index (Phi) is 7.43.